The van der Waals surface area contributed by atoms with Crippen LogP contribution in [-0.2, 0) is 6.42 Å². The highest BCUT2D eigenvalue weighted by Crippen LogP contribution is 2.33. The Kier molecular flexibility index (Phi) is 8.36. The lowest BCUT2D eigenvalue weighted by atomic mass is 10.1. The van der Waals surface area contributed by atoms with E-state index in [0.717, 1.165) is 30.9 Å². The molecule has 1 amide bonds. The van der Waals surface area contributed by atoms with Gasteiger partial charge in [0.05, 0.1) is 23.8 Å². The highest BCUT2D eigenvalue weighted by Gasteiger charge is 2.26. The molecular formula is C28H32F2N8O3. The Morgan fingerprint density at radius 1 is 1.15 bits per heavy atom. The number of carbonyl (C=O) groups is 1. The molecule has 13 heteroatoms. The van der Waals surface area contributed by atoms with Crippen molar-refractivity contribution >= 4 is 34.4 Å². The number of aromatic nitrogens is 5. The van der Waals surface area contributed by atoms with Crippen molar-refractivity contribution < 1.29 is 23.8 Å². The van der Waals surface area contributed by atoms with Crippen LogP contribution in [0, 0.1) is 11.6 Å². The monoisotopic (exact) mass is 566 g/mol. The van der Waals surface area contributed by atoms with Gasteiger partial charge in [0.1, 0.15) is 23.6 Å². The summed E-state index contributed by atoms with van der Waals surface area (Å²) in [5.74, 6) is -0.997. The number of hydrogen-bond donors (Lipinski definition) is 3. The van der Waals surface area contributed by atoms with E-state index in [9.17, 15) is 9.90 Å². The van der Waals surface area contributed by atoms with Crippen LogP contribution in [0.5, 0.6) is 0 Å². The van der Waals surface area contributed by atoms with Gasteiger partial charge >= 0.3 is 0 Å². The maximum Gasteiger partial charge on any atom is 0.253 e. The van der Waals surface area contributed by atoms with Crippen molar-refractivity contribution in [3.63, 3.8) is 0 Å². The largest absolute Gasteiger partial charge is 0.394 e. The van der Waals surface area contributed by atoms with Crippen LogP contribution in [0.2, 0.25) is 0 Å². The van der Waals surface area contributed by atoms with Crippen molar-refractivity contribution in [2.24, 2.45) is 0 Å². The van der Waals surface area contributed by atoms with Gasteiger partial charge in [-0.25, -0.2) is 28.7 Å². The number of aryl methyl sites for hydroxylation is 1. The maximum atomic E-state index is 15.3. The molecule has 0 radical (unpaired) electrons. The van der Waals surface area contributed by atoms with Crippen LogP contribution in [0.1, 0.15) is 41.7 Å². The van der Waals surface area contributed by atoms with E-state index >= 15 is 8.78 Å². The first kappa shape index (κ1) is 28.3. The Balaban J connectivity index is 1.32. The van der Waals surface area contributed by atoms with Gasteiger partial charge in [0.2, 0.25) is 5.95 Å². The average molecular weight is 567 g/mol. The standard InChI is InChI=1S/C28H32F2N8O3/c1-3-17-11-31-28(32-12-17)37-8-6-19(7-9-37)38-14-22(30)24-25(33-16-34-26(24)38)35-23-5-4-18(10-21(23)29)27(41)36(2)13-20(40)15-39/h4-5,10-12,14,16,19-20,39-40H,3,6-9,13,15H2,1-2H3,(H,33,34,35). The predicted octanol–water partition coefficient (Wildman–Crippen LogP) is 3.07. The minimum atomic E-state index is -1.10. The van der Waals surface area contributed by atoms with Gasteiger partial charge in [-0.1, -0.05) is 6.92 Å². The fourth-order valence-electron chi connectivity index (χ4n) is 5.00. The molecule has 1 fully saturated rings. The molecule has 41 heavy (non-hydrogen) atoms. The van der Waals surface area contributed by atoms with E-state index in [1.165, 1.54) is 36.6 Å². The summed E-state index contributed by atoms with van der Waals surface area (Å²) in [7, 11) is 1.44. The summed E-state index contributed by atoms with van der Waals surface area (Å²) >= 11 is 0. The van der Waals surface area contributed by atoms with Crippen LogP contribution >= 0.6 is 0 Å². The van der Waals surface area contributed by atoms with E-state index in [1.807, 2.05) is 17.0 Å². The lowest BCUT2D eigenvalue weighted by molar-refractivity contribution is 0.0520. The van der Waals surface area contributed by atoms with Crippen LogP contribution in [0.4, 0.5) is 26.2 Å². The van der Waals surface area contributed by atoms with Crippen molar-refractivity contribution in [1.29, 1.82) is 0 Å². The first-order valence-electron chi connectivity index (χ1n) is 13.5. The molecule has 5 rings (SSSR count). The van der Waals surface area contributed by atoms with Gasteiger partial charge in [-0.2, -0.15) is 0 Å². The third-order valence-corrected chi connectivity index (χ3v) is 7.31. The summed E-state index contributed by atoms with van der Waals surface area (Å²) in [4.78, 5) is 33.3. The summed E-state index contributed by atoms with van der Waals surface area (Å²) in [6, 6.07) is 3.84. The second kappa shape index (κ2) is 12.1. The summed E-state index contributed by atoms with van der Waals surface area (Å²) in [5, 5.41) is 21.6. The number of nitrogens with zero attached hydrogens (tertiary/aromatic N) is 7. The van der Waals surface area contributed by atoms with Gasteiger partial charge < -0.3 is 29.9 Å². The number of rotatable bonds is 9. The molecule has 11 nitrogen and oxygen atoms in total. The third kappa shape index (κ3) is 5.95. The molecule has 216 valence electrons. The molecule has 0 bridgehead atoms. The molecule has 4 heterocycles. The highest BCUT2D eigenvalue weighted by molar-refractivity contribution is 5.95. The van der Waals surface area contributed by atoms with Gasteiger partial charge in [-0.15, -0.1) is 0 Å². The number of carbonyl (C=O) groups excluding carboxylic acids is 1. The zero-order valence-electron chi connectivity index (χ0n) is 22.8. The average Bonchev–Trinajstić information content (AvgIpc) is 3.34. The normalized spacial score (nSPS) is 14.8. The van der Waals surface area contributed by atoms with Crippen LogP contribution in [0.15, 0.2) is 43.1 Å². The Morgan fingerprint density at radius 2 is 1.88 bits per heavy atom. The van der Waals surface area contributed by atoms with Gasteiger partial charge in [0.15, 0.2) is 5.82 Å². The van der Waals surface area contributed by atoms with Crippen LogP contribution in [0.3, 0.4) is 0 Å². The maximum absolute atomic E-state index is 15.3. The van der Waals surface area contributed by atoms with E-state index in [4.69, 9.17) is 5.11 Å². The third-order valence-electron chi connectivity index (χ3n) is 7.31. The van der Waals surface area contributed by atoms with Crippen molar-refractivity contribution in [1.82, 2.24) is 29.4 Å². The molecule has 0 saturated carbocycles. The number of benzene rings is 1. The molecule has 1 aliphatic rings. The number of piperidine rings is 1. The molecule has 1 unspecified atom stereocenters. The van der Waals surface area contributed by atoms with Crippen molar-refractivity contribution in [2.45, 2.75) is 38.3 Å². The molecule has 1 aliphatic heterocycles. The van der Waals surface area contributed by atoms with E-state index < -0.39 is 30.3 Å². The number of aliphatic hydroxyl groups is 2. The number of hydrogen-bond acceptors (Lipinski definition) is 9. The number of aliphatic hydroxyl groups excluding tert-OH is 2. The summed E-state index contributed by atoms with van der Waals surface area (Å²) in [6.45, 7) is 2.86. The molecule has 1 atom stereocenters. The fourth-order valence-corrected chi connectivity index (χ4v) is 5.00. The predicted molar refractivity (Wildman–Crippen MR) is 149 cm³/mol. The summed E-state index contributed by atoms with van der Waals surface area (Å²) < 4.78 is 32.1. The SMILES string of the molecule is CCc1cnc(N2CCC(n3cc(F)c4c(Nc5ccc(C(=O)N(C)CC(O)CO)cc5F)ncnc43)CC2)nc1. The van der Waals surface area contributed by atoms with Crippen LogP contribution in [-0.4, -0.2) is 84.9 Å². The molecule has 1 aromatic carbocycles. The summed E-state index contributed by atoms with van der Waals surface area (Å²) in [5.41, 5.74) is 1.55. The minimum Gasteiger partial charge on any atom is -0.394 e. The van der Waals surface area contributed by atoms with E-state index in [1.54, 1.807) is 0 Å². The minimum absolute atomic E-state index is 0.000659. The number of halogens is 2. The van der Waals surface area contributed by atoms with E-state index in [0.29, 0.717) is 24.7 Å². The summed E-state index contributed by atoms with van der Waals surface area (Å²) in [6.07, 6.45) is 7.64. The second-order valence-corrected chi connectivity index (χ2v) is 10.1. The van der Waals surface area contributed by atoms with Crippen molar-refractivity contribution in [2.75, 3.05) is 43.5 Å². The Labute approximate surface area is 235 Å². The van der Waals surface area contributed by atoms with Gasteiger partial charge in [-0.3, -0.25) is 4.79 Å². The second-order valence-electron chi connectivity index (χ2n) is 10.1. The lowest BCUT2D eigenvalue weighted by Gasteiger charge is -2.32. The molecule has 3 N–H and O–H groups in total. The van der Waals surface area contributed by atoms with Crippen LogP contribution in [0.25, 0.3) is 11.0 Å². The van der Waals surface area contributed by atoms with Gasteiger partial charge in [0, 0.05) is 56.9 Å². The molecular weight excluding hydrogens is 534 g/mol. The molecule has 0 aliphatic carbocycles. The quantitative estimate of drug-likeness (QED) is 0.280. The number of nitrogens with one attached hydrogen (secondary N) is 1. The molecule has 4 aromatic rings. The number of fused-ring (bicyclic) bond motifs is 1. The molecule has 3 aromatic heterocycles. The highest BCUT2D eigenvalue weighted by atomic mass is 19.1. The Bertz CT molecular complexity index is 1520. The smallest absolute Gasteiger partial charge is 0.253 e. The van der Waals surface area contributed by atoms with Gasteiger partial charge in [-0.05, 0) is 43.0 Å². The van der Waals surface area contributed by atoms with Crippen molar-refractivity contribution in [3.05, 3.63) is 65.9 Å². The number of anilines is 3. The fraction of sp³-hybridized carbons (Fsp3) is 0.393. The van der Waals surface area contributed by atoms with Crippen molar-refractivity contribution in [3.8, 4) is 0 Å². The first-order valence-corrected chi connectivity index (χ1v) is 13.5. The first-order chi connectivity index (χ1) is 19.8. The number of amides is 1. The zero-order valence-corrected chi connectivity index (χ0v) is 22.8. The Morgan fingerprint density at radius 3 is 2.54 bits per heavy atom. The van der Waals surface area contributed by atoms with E-state index in [2.05, 4.69) is 37.1 Å². The topological polar surface area (TPSA) is 133 Å². The van der Waals surface area contributed by atoms with E-state index in [-0.39, 0.29) is 35.0 Å². The molecule has 1 saturated heterocycles. The van der Waals surface area contributed by atoms with Crippen LogP contribution < -0.4 is 10.2 Å². The zero-order chi connectivity index (χ0) is 29.1. The number of likely N-dealkylation sites (N-methyl/N-ethyl adjacent to an activating group) is 1. The Hall–Kier alpha value is -4.23. The lowest BCUT2D eigenvalue weighted by Crippen LogP contribution is -2.35. The molecule has 0 spiro atoms. The van der Waals surface area contributed by atoms with Gasteiger partial charge in [0.25, 0.3) is 5.91 Å².